The monoisotopic (exact) mass is 484 g/mol. The van der Waals surface area contributed by atoms with Gasteiger partial charge in [0.05, 0.1) is 45.0 Å². The fourth-order valence-corrected chi connectivity index (χ4v) is 4.79. The Morgan fingerprint density at radius 3 is 2.12 bits per heavy atom. The SMILES string of the molecule is CCOCCOCCOCC(OS(=O)(=O)c1ccc(C)cc1)SCc1ccc(OC)cc1. The lowest BCUT2D eigenvalue weighted by Crippen LogP contribution is -2.22. The zero-order chi connectivity index (χ0) is 23.2. The maximum Gasteiger partial charge on any atom is 0.298 e. The zero-order valence-corrected chi connectivity index (χ0v) is 20.5. The molecule has 0 bridgehead atoms. The largest absolute Gasteiger partial charge is 0.497 e. The topological polar surface area (TPSA) is 80.3 Å². The van der Waals surface area contributed by atoms with Crippen LogP contribution in [0.4, 0.5) is 0 Å². The number of rotatable bonds is 16. The van der Waals surface area contributed by atoms with Crippen molar-refractivity contribution in [3.63, 3.8) is 0 Å². The van der Waals surface area contributed by atoms with E-state index in [2.05, 4.69) is 0 Å². The van der Waals surface area contributed by atoms with Gasteiger partial charge in [0.15, 0.2) is 0 Å². The van der Waals surface area contributed by atoms with Gasteiger partial charge >= 0.3 is 0 Å². The Labute approximate surface area is 195 Å². The van der Waals surface area contributed by atoms with E-state index in [9.17, 15) is 8.42 Å². The zero-order valence-electron chi connectivity index (χ0n) is 18.8. The molecule has 0 aromatic heterocycles. The molecule has 2 rings (SSSR count). The highest BCUT2D eigenvalue weighted by atomic mass is 32.2. The van der Waals surface area contributed by atoms with Gasteiger partial charge in [-0.2, -0.15) is 8.42 Å². The van der Waals surface area contributed by atoms with E-state index in [1.807, 2.05) is 38.1 Å². The average Bonchev–Trinajstić information content (AvgIpc) is 2.79. The molecule has 0 saturated carbocycles. The third-order valence-electron chi connectivity index (χ3n) is 4.34. The molecule has 32 heavy (non-hydrogen) atoms. The number of methoxy groups -OCH3 is 1. The minimum atomic E-state index is -3.92. The Kier molecular flexibility index (Phi) is 12.1. The quantitative estimate of drug-likeness (QED) is 0.201. The van der Waals surface area contributed by atoms with Gasteiger partial charge in [-0.25, -0.2) is 4.18 Å². The molecule has 2 aromatic rings. The van der Waals surface area contributed by atoms with E-state index in [1.165, 1.54) is 11.8 Å². The smallest absolute Gasteiger partial charge is 0.298 e. The third-order valence-corrected chi connectivity index (χ3v) is 6.90. The summed E-state index contributed by atoms with van der Waals surface area (Å²) in [6.07, 6.45) is 0. The fourth-order valence-electron chi connectivity index (χ4n) is 2.58. The highest BCUT2D eigenvalue weighted by molar-refractivity contribution is 7.99. The van der Waals surface area contributed by atoms with Crippen LogP contribution in [-0.4, -0.2) is 60.6 Å². The summed E-state index contributed by atoms with van der Waals surface area (Å²) in [5.74, 6) is 1.33. The molecule has 0 aliphatic rings. The minimum Gasteiger partial charge on any atom is -0.497 e. The van der Waals surface area contributed by atoms with Gasteiger partial charge in [-0.05, 0) is 43.7 Å². The van der Waals surface area contributed by atoms with Crippen molar-refractivity contribution in [2.75, 3.05) is 46.8 Å². The van der Waals surface area contributed by atoms with Gasteiger partial charge in [-0.1, -0.05) is 29.8 Å². The van der Waals surface area contributed by atoms with Crippen molar-refractivity contribution in [1.29, 1.82) is 0 Å². The molecule has 1 atom stereocenters. The van der Waals surface area contributed by atoms with Crippen LogP contribution in [0.1, 0.15) is 18.1 Å². The molecule has 2 aromatic carbocycles. The second-order valence-electron chi connectivity index (χ2n) is 6.84. The maximum absolute atomic E-state index is 12.7. The molecule has 0 heterocycles. The summed E-state index contributed by atoms with van der Waals surface area (Å²) in [6, 6.07) is 14.2. The first kappa shape index (κ1) is 26.6. The number of hydrogen-bond donors (Lipinski definition) is 0. The van der Waals surface area contributed by atoms with Crippen LogP contribution >= 0.6 is 11.8 Å². The highest BCUT2D eigenvalue weighted by Crippen LogP contribution is 2.25. The molecule has 0 aliphatic carbocycles. The van der Waals surface area contributed by atoms with Crippen molar-refractivity contribution >= 4 is 21.9 Å². The van der Waals surface area contributed by atoms with E-state index in [4.69, 9.17) is 23.1 Å². The highest BCUT2D eigenvalue weighted by Gasteiger charge is 2.22. The maximum atomic E-state index is 12.7. The van der Waals surface area contributed by atoms with Crippen LogP contribution in [0.5, 0.6) is 5.75 Å². The third kappa shape index (κ3) is 9.89. The Morgan fingerprint density at radius 1 is 0.875 bits per heavy atom. The molecule has 7 nitrogen and oxygen atoms in total. The van der Waals surface area contributed by atoms with Crippen LogP contribution in [0.15, 0.2) is 53.4 Å². The summed E-state index contributed by atoms with van der Waals surface area (Å²) in [5.41, 5.74) is 1.30. The Bertz CT molecular complexity index is 868. The minimum absolute atomic E-state index is 0.112. The molecule has 0 spiro atoms. The van der Waals surface area contributed by atoms with Gasteiger partial charge < -0.3 is 18.9 Å². The van der Waals surface area contributed by atoms with Gasteiger partial charge in [-0.15, -0.1) is 11.8 Å². The van der Waals surface area contributed by atoms with Gasteiger partial charge in [0.2, 0.25) is 0 Å². The van der Waals surface area contributed by atoms with E-state index in [1.54, 1.807) is 31.4 Å². The molecular weight excluding hydrogens is 452 g/mol. The molecule has 9 heteroatoms. The molecule has 0 fully saturated rings. The number of aryl methyl sites for hydroxylation is 1. The van der Waals surface area contributed by atoms with E-state index >= 15 is 0 Å². The molecule has 0 saturated heterocycles. The Balaban J connectivity index is 1.92. The standard InChI is InChI=1S/C23H32O7S2/c1-4-27-13-14-28-15-16-29-17-23(31-18-20-7-9-21(26-3)10-8-20)30-32(24,25)22-11-5-19(2)6-12-22/h5-12,23H,4,13-18H2,1-3H3. The predicted molar refractivity (Wildman–Crippen MR) is 126 cm³/mol. The first-order valence-electron chi connectivity index (χ1n) is 10.4. The second-order valence-corrected chi connectivity index (χ2v) is 9.56. The van der Waals surface area contributed by atoms with Gasteiger partial charge in [-0.3, -0.25) is 0 Å². The van der Waals surface area contributed by atoms with Crippen LogP contribution < -0.4 is 4.74 Å². The summed E-state index contributed by atoms with van der Waals surface area (Å²) in [4.78, 5) is 0.123. The molecule has 178 valence electrons. The lowest BCUT2D eigenvalue weighted by Gasteiger charge is -2.18. The lowest BCUT2D eigenvalue weighted by atomic mass is 10.2. The van der Waals surface area contributed by atoms with Crippen LogP contribution in [-0.2, 0) is 34.3 Å². The number of thioether (sulfide) groups is 1. The van der Waals surface area contributed by atoms with Crippen molar-refractivity contribution in [3.8, 4) is 5.75 Å². The summed E-state index contributed by atoms with van der Waals surface area (Å²) >= 11 is 1.36. The van der Waals surface area contributed by atoms with E-state index in [0.717, 1.165) is 16.9 Å². The molecule has 0 radical (unpaired) electrons. The summed E-state index contributed by atoms with van der Waals surface area (Å²) in [7, 11) is -2.31. The van der Waals surface area contributed by atoms with Crippen molar-refractivity contribution < 1.29 is 31.5 Å². The molecule has 0 aliphatic heterocycles. The first-order chi connectivity index (χ1) is 15.4. The van der Waals surface area contributed by atoms with Gasteiger partial charge in [0.1, 0.15) is 11.2 Å². The first-order valence-corrected chi connectivity index (χ1v) is 12.9. The summed E-state index contributed by atoms with van der Waals surface area (Å²) in [5, 5.41) is 0. The molecular formula is C23H32O7S2. The molecule has 1 unspecified atom stereocenters. The van der Waals surface area contributed by atoms with Crippen LogP contribution in [0.3, 0.4) is 0 Å². The number of hydrogen-bond acceptors (Lipinski definition) is 8. The number of benzene rings is 2. The molecule has 0 N–H and O–H groups in total. The van der Waals surface area contributed by atoms with Crippen molar-refractivity contribution in [3.05, 3.63) is 59.7 Å². The van der Waals surface area contributed by atoms with Crippen LogP contribution in [0.2, 0.25) is 0 Å². The lowest BCUT2D eigenvalue weighted by molar-refractivity contribution is 0.00861. The second kappa shape index (κ2) is 14.5. The number of ether oxygens (including phenoxy) is 4. The summed E-state index contributed by atoms with van der Waals surface area (Å²) < 4.78 is 52.4. The van der Waals surface area contributed by atoms with Crippen LogP contribution in [0, 0.1) is 6.92 Å². The van der Waals surface area contributed by atoms with E-state index < -0.39 is 15.6 Å². The fraction of sp³-hybridized carbons (Fsp3) is 0.478. The van der Waals surface area contributed by atoms with Crippen molar-refractivity contribution in [2.24, 2.45) is 0 Å². The van der Waals surface area contributed by atoms with Crippen LogP contribution in [0.25, 0.3) is 0 Å². The van der Waals surface area contributed by atoms with E-state index in [-0.39, 0.29) is 11.5 Å². The average molecular weight is 485 g/mol. The van der Waals surface area contributed by atoms with Crippen molar-refractivity contribution in [1.82, 2.24) is 0 Å². The predicted octanol–water partition coefficient (Wildman–Crippen LogP) is 4.04. The Morgan fingerprint density at radius 2 is 1.50 bits per heavy atom. The normalized spacial score (nSPS) is 12.6. The summed E-state index contributed by atoms with van der Waals surface area (Å²) in [6.45, 7) is 6.35. The van der Waals surface area contributed by atoms with Gasteiger partial charge in [0.25, 0.3) is 10.1 Å². The Hall–Kier alpha value is -1.62. The van der Waals surface area contributed by atoms with E-state index in [0.29, 0.717) is 38.8 Å². The molecule has 0 amide bonds. The van der Waals surface area contributed by atoms with Crippen molar-refractivity contribution in [2.45, 2.75) is 29.9 Å². The van der Waals surface area contributed by atoms with Gasteiger partial charge in [0, 0.05) is 12.4 Å².